The van der Waals surface area contributed by atoms with Crippen molar-refractivity contribution in [2.24, 2.45) is 11.8 Å². The first kappa shape index (κ1) is 32.1. The van der Waals surface area contributed by atoms with E-state index in [0.717, 1.165) is 36.9 Å². The highest BCUT2D eigenvalue weighted by atomic mass is 16.7. The van der Waals surface area contributed by atoms with Gasteiger partial charge in [0.05, 0.1) is 25.4 Å². The van der Waals surface area contributed by atoms with Crippen molar-refractivity contribution in [3.63, 3.8) is 0 Å². The normalized spacial score (nSPS) is 17.9. The molecule has 0 bridgehead atoms. The Kier molecular flexibility index (Phi) is 15.2. The van der Waals surface area contributed by atoms with Crippen molar-refractivity contribution in [2.45, 2.75) is 111 Å². The molecule has 3 rings (SSSR count). The van der Waals surface area contributed by atoms with Crippen LogP contribution in [0, 0.1) is 11.8 Å². The number of carbonyl (C=O) groups is 1. The van der Waals surface area contributed by atoms with Gasteiger partial charge in [-0.1, -0.05) is 97.1 Å². The molecule has 2 aromatic rings. The molecule has 1 aliphatic rings. The lowest BCUT2D eigenvalue weighted by atomic mass is 10.0. The maximum Gasteiger partial charge on any atom is 0.343 e. The molecule has 0 aromatic heterocycles. The first-order valence-electron chi connectivity index (χ1n) is 15.9. The average molecular weight is 553 g/mol. The summed E-state index contributed by atoms with van der Waals surface area (Å²) in [6.07, 6.45) is 16.4. The van der Waals surface area contributed by atoms with Gasteiger partial charge in [-0.05, 0) is 61.6 Å². The monoisotopic (exact) mass is 552 g/mol. The van der Waals surface area contributed by atoms with Gasteiger partial charge in [-0.15, -0.1) is 0 Å². The molecule has 0 aliphatic carbocycles. The number of hydrogen-bond donors (Lipinski definition) is 0. The SMILES string of the molecule is CCCCCCCCCCCC1COC(c2ccc(OC(=O)c3ccc(OCCCC(C)CC)cc3)cc2)OC1. The van der Waals surface area contributed by atoms with E-state index in [9.17, 15) is 4.79 Å². The topological polar surface area (TPSA) is 54.0 Å². The van der Waals surface area contributed by atoms with Gasteiger partial charge in [0, 0.05) is 11.5 Å². The van der Waals surface area contributed by atoms with Crippen LogP contribution in [0.3, 0.4) is 0 Å². The van der Waals surface area contributed by atoms with E-state index in [2.05, 4.69) is 20.8 Å². The number of unbranched alkanes of at least 4 members (excludes halogenated alkanes) is 8. The van der Waals surface area contributed by atoms with Gasteiger partial charge in [0.2, 0.25) is 0 Å². The first-order chi connectivity index (χ1) is 19.6. The highest BCUT2D eigenvalue weighted by Crippen LogP contribution is 2.29. The Morgan fingerprint density at radius 3 is 2.02 bits per heavy atom. The molecule has 0 N–H and O–H groups in total. The zero-order chi connectivity index (χ0) is 28.4. The molecule has 0 spiro atoms. The predicted octanol–water partition coefficient (Wildman–Crippen LogP) is 9.69. The molecule has 1 saturated heterocycles. The van der Waals surface area contributed by atoms with Gasteiger partial charge in [0.25, 0.3) is 0 Å². The molecule has 2 aromatic carbocycles. The van der Waals surface area contributed by atoms with Crippen LogP contribution in [0.1, 0.15) is 126 Å². The van der Waals surface area contributed by atoms with E-state index >= 15 is 0 Å². The second kappa shape index (κ2) is 18.9. The highest BCUT2D eigenvalue weighted by Gasteiger charge is 2.23. The Labute approximate surface area is 242 Å². The smallest absolute Gasteiger partial charge is 0.343 e. The van der Waals surface area contributed by atoms with Gasteiger partial charge in [0.1, 0.15) is 11.5 Å². The molecular weight excluding hydrogens is 500 g/mol. The summed E-state index contributed by atoms with van der Waals surface area (Å²) < 4.78 is 23.4. The van der Waals surface area contributed by atoms with Gasteiger partial charge < -0.3 is 18.9 Å². The van der Waals surface area contributed by atoms with Crippen LogP contribution in [0.2, 0.25) is 0 Å². The van der Waals surface area contributed by atoms with E-state index in [1.54, 1.807) is 24.3 Å². The fourth-order valence-electron chi connectivity index (χ4n) is 5.02. The molecule has 5 heteroatoms. The number of rotatable bonds is 19. The predicted molar refractivity (Wildman–Crippen MR) is 162 cm³/mol. The summed E-state index contributed by atoms with van der Waals surface area (Å²) in [4.78, 5) is 12.6. The minimum absolute atomic E-state index is 0.359. The summed E-state index contributed by atoms with van der Waals surface area (Å²) in [6.45, 7) is 8.90. The number of esters is 1. The van der Waals surface area contributed by atoms with E-state index in [-0.39, 0.29) is 12.3 Å². The zero-order valence-electron chi connectivity index (χ0n) is 25.2. The maximum atomic E-state index is 12.6. The Bertz CT molecular complexity index is 931. The van der Waals surface area contributed by atoms with Crippen molar-refractivity contribution in [3.8, 4) is 11.5 Å². The minimum Gasteiger partial charge on any atom is -0.494 e. The van der Waals surface area contributed by atoms with Crippen molar-refractivity contribution in [3.05, 3.63) is 59.7 Å². The second-order valence-electron chi connectivity index (χ2n) is 11.5. The fraction of sp³-hybridized carbons (Fsp3) is 0.629. The first-order valence-corrected chi connectivity index (χ1v) is 15.9. The molecule has 1 heterocycles. The van der Waals surface area contributed by atoms with E-state index in [4.69, 9.17) is 18.9 Å². The summed E-state index contributed by atoms with van der Waals surface area (Å²) >= 11 is 0. The molecule has 40 heavy (non-hydrogen) atoms. The van der Waals surface area contributed by atoms with Crippen LogP contribution in [-0.2, 0) is 9.47 Å². The van der Waals surface area contributed by atoms with Crippen molar-refractivity contribution >= 4 is 5.97 Å². The second-order valence-corrected chi connectivity index (χ2v) is 11.5. The third kappa shape index (κ3) is 12.0. The van der Waals surface area contributed by atoms with Gasteiger partial charge in [-0.2, -0.15) is 0 Å². The summed E-state index contributed by atoms with van der Waals surface area (Å²) in [7, 11) is 0. The third-order valence-corrected chi connectivity index (χ3v) is 7.94. The molecule has 0 radical (unpaired) electrons. The largest absolute Gasteiger partial charge is 0.494 e. The van der Waals surface area contributed by atoms with Gasteiger partial charge in [0.15, 0.2) is 6.29 Å². The van der Waals surface area contributed by atoms with Crippen LogP contribution in [-0.4, -0.2) is 25.8 Å². The van der Waals surface area contributed by atoms with E-state index < -0.39 is 0 Å². The van der Waals surface area contributed by atoms with Crippen molar-refractivity contribution in [1.82, 2.24) is 0 Å². The van der Waals surface area contributed by atoms with Gasteiger partial charge in [-0.3, -0.25) is 0 Å². The lowest BCUT2D eigenvalue weighted by molar-refractivity contribution is -0.206. The number of ether oxygens (including phenoxy) is 4. The Morgan fingerprint density at radius 2 is 1.40 bits per heavy atom. The average Bonchev–Trinajstić information content (AvgIpc) is 2.99. The summed E-state index contributed by atoms with van der Waals surface area (Å²) in [6, 6.07) is 14.5. The Hall–Kier alpha value is -2.37. The number of benzene rings is 2. The summed E-state index contributed by atoms with van der Waals surface area (Å²) in [5.41, 5.74) is 1.43. The molecule has 222 valence electrons. The van der Waals surface area contributed by atoms with Crippen LogP contribution in [0.4, 0.5) is 0 Å². The van der Waals surface area contributed by atoms with Crippen LogP contribution in [0.5, 0.6) is 11.5 Å². The molecular formula is C35H52O5. The molecule has 1 atom stereocenters. The number of hydrogen-bond acceptors (Lipinski definition) is 5. The zero-order valence-corrected chi connectivity index (χ0v) is 25.2. The van der Waals surface area contributed by atoms with E-state index in [1.165, 1.54) is 77.0 Å². The summed E-state index contributed by atoms with van der Waals surface area (Å²) in [5.74, 6) is 2.08. The highest BCUT2D eigenvalue weighted by molar-refractivity contribution is 5.91. The molecule has 5 nitrogen and oxygen atoms in total. The fourth-order valence-corrected chi connectivity index (χ4v) is 5.02. The van der Waals surface area contributed by atoms with Crippen molar-refractivity contribution in [2.75, 3.05) is 19.8 Å². The van der Waals surface area contributed by atoms with E-state index in [1.807, 2.05) is 24.3 Å². The van der Waals surface area contributed by atoms with Crippen molar-refractivity contribution < 1.29 is 23.7 Å². The molecule has 1 fully saturated rings. The molecule has 1 aliphatic heterocycles. The molecule has 1 unspecified atom stereocenters. The summed E-state index contributed by atoms with van der Waals surface area (Å²) in [5, 5.41) is 0. The lowest BCUT2D eigenvalue weighted by Crippen LogP contribution is -2.27. The molecule has 0 amide bonds. The van der Waals surface area contributed by atoms with Gasteiger partial charge >= 0.3 is 5.97 Å². The quantitative estimate of drug-likeness (QED) is 0.0986. The number of carbonyl (C=O) groups excluding carboxylic acids is 1. The van der Waals surface area contributed by atoms with Crippen LogP contribution in [0.15, 0.2) is 48.5 Å². The van der Waals surface area contributed by atoms with Crippen LogP contribution < -0.4 is 9.47 Å². The van der Waals surface area contributed by atoms with E-state index in [0.29, 0.717) is 23.8 Å². The molecule has 0 saturated carbocycles. The van der Waals surface area contributed by atoms with Crippen LogP contribution >= 0.6 is 0 Å². The third-order valence-electron chi connectivity index (χ3n) is 7.94. The Balaban J connectivity index is 1.31. The minimum atomic E-state index is -0.388. The maximum absolute atomic E-state index is 12.6. The van der Waals surface area contributed by atoms with Crippen molar-refractivity contribution in [1.29, 1.82) is 0 Å². The Morgan fingerprint density at radius 1 is 0.800 bits per heavy atom. The standard InChI is InChI=1S/C35H52O5/c1-4-6-7-8-9-10-11-12-13-16-29-26-38-35(39-27-29)31-19-23-33(24-20-31)40-34(36)30-17-21-32(22-18-30)37-25-14-15-28(3)5-2/h17-24,28-29,35H,4-16,25-27H2,1-3H3. The van der Waals surface area contributed by atoms with Crippen LogP contribution in [0.25, 0.3) is 0 Å². The van der Waals surface area contributed by atoms with Gasteiger partial charge in [-0.25, -0.2) is 4.79 Å². The lowest BCUT2D eigenvalue weighted by Gasteiger charge is -2.29.